The van der Waals surface area contributed by atoms with Gasteiger partial charge in [0.2, 0.25) is 0 Å². The van der Waals surface area contributed by atoms with Gasteiger partial charge in [-0.05, 0) is 13.5 Å². The molecule has 0 bridgehead atoms. The summed E-state index contributed by atoms with van der Waals surface area (Å²) >= 11 is 3.55. The fourth-order valence-corrected chi connectivity index (χ4v) is 4.15. The third kappa shape index (κ3) is 3.87. The summed E-state index contributed by atoms with van der Waals surface area (Å²) in [5.74, 6) is 0. The fourth-order valence-electron chi connectivity index (χ4n) is 2.03. The molecule has 0 unspecified atom stereocenters. The maximum absolute atomic E-state index is 4.88. The van der Waals surface area contributed by atoms with Crippen molar-refractivity contribution in [1.82, 2.24) is 15.3 Å². The summed E-state index contributed by atoms with van der Waals surface area (Å²) in [4.78, 5) is 10.8. The number of nitrogens with zero attached hydrogens (tertiary/aromatic N) is 2. The summed E-state index contributed by atoms with van der Waals surface area (Å²) in [5.41, 5.74) is 2.43. The summed E-state index contributed by atoms with van der Waals surface area (Å²) in [5, 5.41) is 7.86. The molecule has 3 nitrogen and oxygen atoms in total. The van der Waals surface area contributed by atoms with Gasteiger partial charge < -0.3 is 5.32 Å². The molecule has 0 saturated carbocycles. The first-order valence-electron chi connectivity index (χ1n) is 7.01. The summed E-state index contributed by atoms with van der Waals surface area (Å²) in [7, 11) is 0. The lowest BCUT2D eigenvalue weighted by Gasteiger charge is -2.17. The minimum Gasteiger partial charge on any atom is -0.312 e. The van der Waals surface area contributed by atoms with E-state index in [1.165, 1.54) is 15.6 Å². The highest BCUT2D eigenvalue weighted by atomic mass is 32.1. The van der Waals surface area contributed by atoms with Crippen molar-refractivity contribution >= 4 is 22.7 Å². The molecule has 0 aliphatic rings. The van der Waals surface area contributed by atoms with E-state index in [-0.39, 0.29) is 5.41 Å². The summed E-state index contributed by atoms with van der Waals surface area (Å²) < 4.78 is 0. The highest BCUT2D eigenvalue weighted by Crippen LogP contribution is 2.31. The Balaban J connectivity index is 2.23. The lowest BCUT2D eigenvalue weighted by molar-refractivity contribution is 0.559. The summed E-state index contributed by atoms with van der Waals surface area (Å²) in [6.45, 7) is 12.8. The quantitative estimate of drug-likeness (QED) is 0.910. The fraction of sp³-hybridized carbons (Fsp3) is 0.600. The molecule has 5 heteroatoms. The molecule has 0 fully saturated rings. The zero-order chi connectivity index (χ0) is 14.8. The Morgan fingerprint density at radius 2 is 1.95 bits per heavy atom. The Bertz CT molecular complexity index is 564. The number of aryl methyl sites for hydroxylation is 1. The summed E-state index contributed by atoms with van der Waals surface area (Å²) in [6.07, 6.45) is 0.860. The predicted octanol–water partition coefficient (Wildman–Crippen LogP) is 3.91. The molecule has 0 amide bonds. The average molecular weight is 310 g/mol. The molecule has 0 spiro atoms. The van der Waals surface area contributed by atoms with Crippen molar-refractivity contribution in [1.29, 1.82) is 0 Å². The maximum Gasteiger partial charge on any atom is 0.1000 e. The first-order valence-corrected chi connectivity index (χ1v) is 8.70. The minimum atomic E-state index is 0.0955. The van der Waals surface area contributed by atoms with E-state index in [9.17, 15) is 0 Å². The van der Waals surface area contributed by atoms with E-state index in [1.807, 2.05) is 18.3 Å². The Kier molecular flexibility index (Phi) is 4.94. The second-order valence-corrected chi connectivity index (χ2v) is 8.08. The molecule has 0 aromatic carbocycles. The molecule has 2 aromatic heterocycles. The van der Waals surface area contributed by atoms with Crippen LogP contribution >= 0.6 is 22.7 Å². The molecule has 2 rings (SSSR count). The van der Waals surface area contributed by atoms with E-state index in [0.29, 0.717) is 0 Å². The Morgan fingerprint density at radius 3 is 2.50 bits per heavy atom. The van der Waals surface area contributed by atoms with Gasteiger partial charge in [-0.3, -0.25) is 0 Å². The van der Waals surface area contributed by atoms with Crippen LogP contribution in [0.2, 0.25) is 0 Å². The topological polar surface area (TPSA) is 37.8 Å². The standard InChI is InChI=1S/C15H23N3S2/c1-6-16-8-11-14(15(3,4)5)18-13(20-11)7-12-17-10(2)9-19-12/h9,16H,6-8H2,1-5H3. The molecule has 20 heavy (non-hydrogen) atoms. The van der Waals surface area contributed by atoms with Crippen LogP contribution in [0.4, 0.5) is 0 Å². The molecule has 0 aliphatic heterocycles. The van der Waals surface area contributed by atoms with E-state index in [0.717, 1.165) is 30.2 Å². The Hall–Kier alpha value is -0.780. The monoisotopic (exact) mass is 309 g/mol. The second kappa shape index (κ2) is 6.33. The molecular formula is C15H23N3S2. The highest BCUT2D eigenvalue weighted by Gasteiger charge is 2.23. The van der Waals surface area contributed by atoms with Gasteiger partial charge in [-0.15, -0.1) is 22.7 Å². The van der Waals surface area contributed by atoms with Gasteiger partial charge in [-0.2, -0.15) is 0 Å². The van der Waals surface area contributed by atoms with Crippen LogP contribution in [0.5, 0.6) is 0 Å². The minimum absolute atomic E-state index is 0.0955. The first kappa shape index (κ1) is 15.6. The van der Waals surface area contributed by atoms with Crippen LogP contribution in [0.15, 0.2) is 5.38 Å². The van der Waals surface area contributed by atoms with Crippen molar-refractivity contribution in [3.8, 4) is 0 Å². The van der Waals surface area contributed by atoms with Gasteiger partial charge in [0.15, 0.2) is 0 Å². The van der Waals surface area contributed by atoms with E-state index in [2.05, 4.69) is 43.4 Å². The van der Waals surface area contributed by atoms with Gasteiger partial charge in [0.25, 0.3) is 0 Å². The number of hydrogen-bond acceptors (Lipinski definition) is 5. The number of aromatic nitrogens is 2. The highest BCUT2D eigenvalue weighted by molar-refractivity contribution is 7.12. The normalized spacial score (nSPS) is 12.1. The molecule has 0 radical (unpaired) electrons. The zero-order valence-electron chi connectivity index (χ0n) is 12.9. The smallest absolute Gasteiger partial charge is 0.1000 e. The number of nitrogens with one attached hydrogen (secondary N) is 1. The molecule has 110 valence electrons. The van der Waals surface area contributed by atoms with Gasteiger partial charge in [0.1, 0.15) is 0 Å². The van der Waals surface area contributed by atoms with Crippen molar-refractivity contribution < 1.29 is 0 Å². The van der Waals surface area contributed by atoms with Gasteiger partial charge in [-0.25, -0.2) is 9.97 Å². The number of hydrogen-bond donors (Lipinski definition) is 1. The summed E-state index contributed by atoms with van der Waals surface area (Å²) in [6, 6.07) is 0. The van der Waals surface area contributed by atoms with E-state index >= 15 is 0 Å². The lowest BCUT2D eigenvalue weighted by Crippen LogP contribution is -2.18. The van der Waals surface area contributed by atoms with Crippen LogP contribution in [0.25, 0.3) is 0 Å². The molecule has 0 aliphatic carbocycles. The van der Waals surface area contributed by atoms with Crippen LogP contribution in [-0.2, 0) is 18.4 Å². The zero-order valence-corrected chi connectivity index (χ0v) is 14.5. The molecule has 0 atom stereocenters. The molecule has 2 heterocycles. The molecule has 2 aromatic rings. The van der Waals surface area contributed by atoms with Crippen LogP contribution in [0, 0.1) is 6.92 Å². The van der Waals surface area contributed by atoms with Crippen molar-refractivity contribution in [2.45, 2.75) is 53.0 Å². The maximum atomic E-state index is 4.88. The van der Waals surface area contributed by atoms with E-state index in [1.54, 1.807) is 11.3 Å². The van der Waals surface area contributed by atoms with Gasteiger partial charge >= 0.3 is 0 Å². The largest absolute Gasteiger partial charge is 0.312 e. The van der Waals surface area contributed by atoms with Crippen LogP contribution in [0.3, 0.4) is 0 Å². The van der Waals surface area contributed by atoms with Gasteiger partial charge in [-0.1, -0.05) is 27.7 Å². The van der Waals surface area contributed by atoms with Crippen molar-refractivity contribution in [2.75, 3.05) is 6.54 Å². The van der Waals surface area contributed by atoms with Crippen LogP contribution in [0.1, 0.15) is 54.0 Å². The average Bonchev–Trinajstić information content (AvgIpc) is 2.93. The van der Waals surface area contributed by atoms with Crippen molar-refractivity contribution in [2.24, 2.45) is 0 Å². The predicted molar refractivity (Wildman–Crippen MR) is 87.9 cm³/mol. The molecule has 0 saturated heterocycles. The van der Waals surface area contributed by atoms with E-state index in [4.69, 9.17) is 4.98 Å². The van der Waals surface area contributed by atoms with Crippen LogP contribution in [-0.4, -0.2) is 16.5 Å². The Morgan fingerprint density at radius 1 is 1.20 bits per heavy atom. The third-order valence-electron chi connectivity index (χ3n) is 2.96. The first-order chi connectivity index (χ1) is 9.40. The number of thiazole rings is 2. The van der Waals surface area contributed by atoms with Crippen molar-refractivity contribution in [3.63, 3.8) is 0 Å². The third-order valence-corrected chi connectivity index (χ3v) is 4.98. The van der Waals surface area contributed by atoms with Gasteiger partial charge in [0.05, 0.1) is 22.1 Å². The lowest BCUT2D eigenvalue weighted by atomic mass is 9.91. The van der Waals surface area contributed by atoms with E-state index < -0.39 is 0 Å². The molecule has 1 N–H and O–H groups in total. The number of rotatable bonds is 5. The van der Waals surface area contributed by atoms with Crippen LogP contribution < -0.4 is 5.32 Å². The van der Waals surface area contributed by atoms with Crippen molar-refractivity contribution in [3.05, 3.63) is 31.7 Å². The SMILES string of the molecule is CCNCc1sc(Cc2nc(C)cs2)nc1C(C)(C)C. The van der Waals surface area contributed by atoms with Gasteiger partial charge in [0, 0.05) is 27.9 Å². The second-order valence-electron chi connectivity index (χ2n) is 5.97. The Labute approximate surface area is 129 Å². The molecular weight excluding hydrogens is 286 g/mol.